The fourth-order valence-corrected chi connectivity index (χ4v) is 2.27. The summed E-state index contributed by atoms with van der Waals surface area (Å²) >= 11 is 0. The molecule has 1 amide bonds. The summed E-state index contributed by atoms with van der Waals surface area (Å²) in [5.41, 5.74) is 6.04. The van der Waals surface area contributed by atoms with Gasteiger partial charge in [0, 0.05) is 5.56 Å². The number of primary amides is 1. The van der Waals surface area contributed by atoms with Crippen LogP contribution in [-0.4, -0.2) is 38.5 Å². The van der Waals surface area contributed by atoms with Crippen LogP contribution >= 0.6 is 0 Å². The van der Waals surface area contributed by atoms with E-state index in [1.54, 1.807) is 25.6 Å². The van der Waals surface area contributed by atoms with E-state index < -0.39 is 11.5 Å². The Morgan fingerprint density at radius 1 is 1.43 bits per heavy atom. The summed E-state index contributed by atoms with van der Waals surface area (Å²) < 4.78 is 6.92. The smallest absolute Gasteiger partial charge is 0.225 e. The SMILES string of the molecule is COc1cc(-c2nc(CC(N)=O)nn2CC(C)(C)O)ccc1C. The number of carbonyl (C=O) groups excluding carboxylic acids is 1. The Kier molecular flexibility index (Phi) is 4.70. The van der Waals surface area contributed by atoms with Gasteiger partial charge in [-0.25, -0.2) is 9.67 Å². The number of aliphatic hydroxyl groups is 1. The van der Waals surface area contributed by atoms with Crippen LogP contribution in [0.15, 0.2) is 18.2 Å². The van der Waals surface area contributed by atoms with Crippen LogP contribution in [-0.2, 0) is 17.8 Å². The lowest BCUT2D eigenvalue weighted by Crippen LogP contribution is -2.27. The Morgan fingerprint density at radius 2 is 2.13 bits per heavy atom. The van der Waals surface area contributed by atoms with E-state index in [0.29, 0.717) is 11.6 Å². The molecule has 0 atom stereocenters. The molecule has 0 aliphatic rings. The second-order valence-corrected chi connectivity index (χ2v) is 6.15. The predicted octanol–water partition coefficient (Wildman–Crippen LogP) is 1.06. The van der Waals surface area contributed by atoms with Crippen LogP contribution in [0.1, 0.15) is 25.2 Å². The second kappa shape index (κ2) is 6.37. The minimum Gasteiger partial charge on any atom is -0.496 e. The van der Waals surface area contributed by atoms with E-state index >= 15 is 0 Å². The van der Waals surface area contributed by atoms with E-state index in [9.17, 15) is 9.90 Å². The third-order valence-electron chi connectivity index (χ3n) is 3.25. The lowest BCUT2D eigenvalue weighted by Gasteiger charge is -2.18. The highest BCUT2D eigenvalue weighted by atomic mass is 16.5. The number of hydrogen-bond donors (Lipinski definition) is 2. The van der Waals surface area contributed by atoms with Gasteiger partial charge in [-0.2, -0.15) is 5.10 Å². The average Bonchev–Trinajstić information content (AvgIpc) is 2.78. The number of benzene rings is 1. The standard InChI is InChI=1S/C16H22N4O3/c1-10-5-6-11(7-12(10)23-4)15-18-14(8-13(17)21)19-20(15)9-16(2,3)22/h5-7,22H,8-9H2,1-4H3,(H2,17,21). The molecule has 124 valence electrons. The summed E-state index contributed by atoms with van der Waals surface area (Å²) in [5.74, 6) is 1.12. The summed E-state index contributed by atoms with van der Waals surface area (Å²) in [6, 6.07) is 5.68. The number of aromatic nitrogens is 3. The summed E-state index contributed by atoms with van der Waals surface area (Å²) in [5, 5.41) is 14.4. The average molecular weight is 318 g/mol. The Bertz CT molecular complexity index is 717. The summed E-state index contributed by atoms with van der Waals surface area (Å²) in [6.45, 7) is 5.55. The van der Waals surface area contributed by atoms with Gasteiger partial charge in [0.05, 0.1) is 25.7 Å². The van der Waals surface area contributed by atoms with Crippen LogP contribution in [0.4, 0.5) is 0 Å². The molecule has 23 heavy (non-hydrogen) atoms. The Hall–Kier alpha value is -2.41. The number of carbonyl (C=O) groups is 1. The highest BCUT2D eigenvalue weighted by Crippen LogP contribution is 2.26. The molecule has 3 N–H and O–H groups in total. The highest BCUT2D eigenvalue weighted by molar-refractivity contribution is 5.75. The van der Waals surface area contributed by atoms with Crippen LogP contribution in [0.5, 0.6) is 5.75 Å². The van der Waals surface area contributed by atoms with Gasteiger partial charge < -0.3 is 15.6 Å². The van der Waals surface area contributed by atoms with E-state index in [2.05, 4.69) is 10.1 Å². The number of aryl methyl sites for hydroxylation is 1. The molecule has 1 aromatic heterocycles. The van der Waals surface area contributed by atoms with Crippen LogP contribution < -0.4 is 10.5 Å². The molecular formula is C16H22N4O3. The summed E-state index contributed by atoms with van der Waals surface area (Å²) in [4.78, 5) is 15.5. The number of rotatable bonds is 6. The van der Waals surface area contributed by atoms with Gasteiger partial charge >= 0.3 is 0 Å². The maximum atomic E-state index is 11.1. The van der Waals surface area contributed by atoms with Gasteiger partial charge in [-0.1, -0.05) is 12.1 Å². The van der Waals surface area contributed by atoms with Crippen molar-refractivity contribution < 1.29 is 14.6 Å². The Labute approximate surface area is 135 Å². The lowest BCUT2D eigenvalue weighted by molar-refractivity contribution is -0.117. The first-order valence-electron chi connectivity index (χ1n) is 7.29. The van der Waals surface area contributed by atoms with Crippen molar-refractivity contribution in [2.75, 3.05) is 7.11 Å². The number of amides is 1. The van der Waals surface area contributed by atoms with Crippen molar-refractivity contribution in [3.8, 4) is 17.1 Å². The van der Waals surface area contributed by atoms with Gasteiger partial charge in [0.2, 0.25) is 5.91 Å². The van der Waals surface area contributed by atoms with Crippen molar-refractivity contribution in [2.24, 2.45) is 5.73 Å². The maximum absolute atomic E-state index is 11.1. The van der Waals surface area contributed by atoms with Gasteiger partial charge in [0.1, 0.15) is 5.75 Å². The molecule has 0 bridgehead atoms. The molecule has 0 fully saturated rings. The van der Waals surface area contributed by atoms with Gasteiger partial charge in [-0.3, -0.25) is 4.79 Å². The fourth-order valence-electron chi connectivity index (χ4n) is 2.27. The normalized spacial score (nSPS) is 11.5. The quantitative estimate of drug-likeness (QED) is 0.829. The minimum atomic E-state index is -0.971. The van der Waals surface area contributed by atoms with E-state index in [4.69, 9.17) is 10.5 Å². The first-order chi connectivity index (χ1) is 10.7. The topological polar surface area (TPSA) is 103 Å². The maximum Gasteiger partial charge on any atom is 0.225 e. The van der Waals surface area contributed by atoms with Crippen LogP contribution in [0.3, 0.4) is 0 Å². The molecule has 2 rings (SSSR count). The zero-order valence-corrected chi connectivity index (χ0v) is 13.8. The van der Waals surface area contributed by atoms with Crippen molar-refractivity contribution >= 4 is 5.91 Å². The van der Waals surface area contributed by atoms with Crippen molar-refractivity contribution in [3.63, 3.8) is 0 Å². The zero-order chi connectivity index (χ0) is 17.2. The first kappa shape index (κ1) is 17.0. The number of ether oxygens (including phenoxy) is 1. The van der Waals surface area contributed by atoms with Crippen LogP contribution in [0.25, 0.3) is 11.4 Å². The fraction of sp³-hybridized carbons (Fsp3) is 0.438. The molecule has 2 aromatic rings. The Morgan fingerprint density at radius 3 is 2.70 bits per heavy atom. The summed E-state index contributed by atoms with van der Waals surface area (Å²) in [7, 11) is 1.60. The molecule has 7 nitrogen and oxygen atoms in total. The number of hydrogen-bond acceptors (Lipinski definition) is 5. The third kappa shape index (κ3) is 4.29. The molecule has 0 saturated heterocycles. The molecule has 0 spiro atoms. The number of methoxy groups -OCH3 is 1. The molecule has 0 aliphatic carbocycles. The number of nitrogens with two attached hydrogens (primary N) is 1. The molecule has 0 unspecified atom stereocenters. The molecule has 0 aliphatic heterocycles. The Balaban J connectivity index is 2.50. The van der Waals surface area contributed by atoms with Crippen LogP contribution in [0, 0.1) is 6.92 Å². The largest absolute Gasteiger partial charge is 0.496 e. The highest BCUT2D eigenvalue weighted by Gasteiger charge is 2.20. The first-order valence-corrected chi connectivity index (χ1v) is 7.29. The van der Waals surface area contributed by atoms with E-state index in [-0.39, 0.29) is 13.0 Å². The van der Waals surface area contributed by atoms with Crippen molar-refractivity contribution in [1.29, 1.82) is 0 Å². The van der Waals surface area contributed by atoms with Crippen molar-refractivity contribution in [1.82, 2.24) is 14.8 Å². The summed E-state index contributed by atoms with van der Waals surface area (Å²) in [6.07, 6.45) is -0.0468. The molecule has 1 aromatic carbocycles. The van der Waals surface area contributed by atoms with Crippen LogP contribution in [0.2, 0.25) is 0 Å². The predicted molar refractivity (Wildman–Crippen MR) is 85.9 cm³/mol. The zero-order valence-electron chi connectivity index (χ0n) is 13.8. The number of nitrogens with zero attached hydrogens (tertiary/aromatic N) is 3. The van der Waals surface area contributed by atoms with E-state index in [0.717, 1.165) is 16.9 Å². The molecular weight excluding hydrogens is 296 g/mol. The van der Waals surface area contributed by atoms with Crippen molar-refractivity contribution in [3.05, 3.63) is 29.6 Å². The van der Waals surface area contributed by atoms with E-state index in [1.807, 2.05) is 25.1 Å². The molecule has 0 radical (unpaired) electrons. The van der Waals surface area contributed by atoms with E-state index in [1.165, 1.54) is 0 Å². The minimum absolute atomic E-state index is 0.0468. The van der Waals surface area contributed by atoms with Gasteiger partial charge in [0.25, 0.3) is 0 Å². The molecule has 1 heterocycles. The monoisotopic (exact) mass is 318 g/mol. The molecule has 0 saturated carbocycles. The van der Waals surface area contributed by atoms with Gasteiger partial charge in [-0.05, 0) is 32.4 Å². The van der Waals surface area contributed by atoms with Gasteiger partial charge in [0.15, 0.2) is 11.6 Å². The lowest BCUT2D eigenvalue weighted by atomic mass is 10.1. The van der Waals surface area contributed by atoms with Gasteiger partial charge in [-0.15, -0.1) is 0 Å². The second-order valence-electron chi connectivity index (χ2n) is 6.15. The molecule has 7 heteroatoms. The van der Waals surface area contributed by atoms with Crippen molar-refractivity contribution in [2.45, 2.75) is 39.3 Å². The third-order valence-corrected chi connectivity index (χ3v) is 3.25.